The fourth-order valence-electron chi connectivity index (χ4n) is 1.48. The van der Waals surface area contributed by atoms with Crippen LogP contribution in [0.5, 0.6) is 0 Å². The number of carboxylic acids is 1. The van der Waals surface area contributed by atoms with Crippen LogP contribution < -0.4 is 5.32 Å². The van der Waals surface area contributed by atoms with Crippen LogP contribution >= 0.6 is 0 Å². The maximum absolute atomic E-state index is 11.6. The van der Waals surface area contributed by atoms with Gasteiger partial charge < -0.3 is 10.4 Å². The average Bonchev–Trinajstić information content (AvgIpc) is 2.36. The molecule has 0 spiro atoms. The average molecular weight is 263 g/mol. The largest absolute Gasteiger partial charge is 0.481 e. The van der Waals surface area contributed by atoms with E-state index in [1.54, 1.807) is 12.1 Å². The Morgan fingerprint density at radius 1 is 1.00 bits per heavy atom. The van der Waals surface area contributed by atoms with Crippen molar-refractivity contribution < 1.29 is 19.5 Å². The standard InChI is InChI=1S/C14H17NO4/c1-10-2-4-11(5-3-10)15-13(17)8-6-12(16)7-9-14(18)19/h2-5H,6-9H2,1H3,(H,15,17)(H,18,19). The highest BCUT2D eigenvalue weighted by Crippen LogP contribution is 2.09. The van der Waals surface area contributed by atoms with Gasteiger partial charge in [0.15, 0.2) is 0 Å². The van der Waals surface area contributed by atoms with Gasteiger partial charge in [0, 0.05) is 24.9 Å². The summed E-state index contributed by atoms with van der Waals surface area (Å²) < 4.78 is 0. The van der Waals surface area contributed by atoms with E-state index in [2.05, 4.69) is 5.32 Å². The smallest absolute Gasteiger partial charge is 0.303 e. The Kier molecular flexibility index (Phi) is 5.73. The third-order valence-corrected chi connectivity index (χ3v) is 2.58. The van der Waals surface area contributed by atoms with E-state index >= 15 is 0 Å². The third-order valence-electron chi connectivity index (χ3n) is 2.58. The first kappa shape index (κ1) is 14.9. The molecule has 1 aromatic carbocycles. The highest BCUT2D eigenvalue weighted by Gasteiger charge is 2.09. The van der Waals surface area contributed by atoms with Crippen LogP contribution in [0.15, 0.2) is 24.3 Å². The second-order valence-corrected chi connectivity index (χ2v) is 4.35. The summed E-state index contributed by atoms with van der Waals surface area (Å²) >= 11 is 0. The molecule has 1 aromatic rings. The Morgan fingerprint density at radius 3 is 2.16 bits per heavy atom. The van der Waals surface area contributed by atoms with Crippen molar-refractivity contribution in [3.05, 3.63) is 29.8 Å². The van der Waals surface area contributed by atoms with Crippen molar-refractivity contribution in [3.63, 3.8) is 0 Å². The molecule has 1 amide bonds. The minimum Gasteiger partial charge on any atom is -0.481 e. The molecule has 0 radical (unpaired) electrons. The molecule has 0 aliphatic carbocycles. The number of carboxylic acid groups (broad SMARTS) is 1. The van der Waals surface area contributed by atoms with Crippen molar-refractivity contribution in [2.75, 3.05) is 5.32 Å². The fraction of sp³-hybridized carbons (Fsp3) is 0.357. The number of hydrogen-bond donors (Lipinski definition) is 2. The number of Topliss-reactive ketones (excluding diaryl/α,β-unsaturated/α-hetero) is 1. The number of ketones is 1. The lowest BCUT2D eigenvalue weighted by Gasteiger charge is -2.05. The van der Waals surface area contributed by atoms with Gasteiger partial charge in [-0.3, -0.25) is 14.4 Å². The predicted octanol–water partition coefficient (Wildman–Crippen LogP) is 2.15. The molecule has 0 atom stereocenters. The molecule has 102 valence electrons. The van der Waals surface area contributed by atoms with Gasteiger partial charge in [0.25, 0.3) is 0 Å². The summed E-state index contributed by atoms with van der Waals surface area (Å²) in [5.41, 5.74) is 1.79. The number of nitrogens with one attached hydrogen (secondary N) is 1. The first-order valence-electron chi connectivity index (χ1n) is 6.07. The quantitative estimate of drug-likeness (QED) is 0.789. The molecule has 0 heterocycles. The number of carbonyl (C=O) groups is 3. The highest BCUT2D eigenvalue weighted by atomic mass is 16.4. The van der Waals surface area contributed by atoms with Crippen LogP contribution in [0.1, 0.15) is 31.2 Å². The van der Waals surface area contributed by atoms with Gasteiger partial charge in [0.05, 0.1) is 6.42 Å². The van der Waals surface area contributed by atoms with E-state index < -0.39 is 5.97 Å². The van der Waals surface area contributed by atoms with Gasteiger partial charge in [-0.2, -0.15) is 0 Å². The monoisotopic (exact) mass is 263 g/mol. The number of aryl methyl sites for hydroxylation is 1. The van der Waals surface area contributed by atoms with Crippen molar-refractivity contribution >= 4 is 23.3 Å². The van der Waals surface area contributed by atoms with Crippen LogP contribution in [-0.2, 0) is 14.4 Å². The van der Waals surface area contributed by atoms with Crippen molar-refractivity contribution in [1.82, 2.24) is 0 Å². The van der Waals surface area contributed by atoms with Crippen LogP contribution in [0.2, 0.25) is 0 Å². The number of benzene rings is 1. The summed E-state index contributed by atoms with van der Waals surface area (Å²) in [5.74, 6) is -1.45. The number of rotatable bonds is 7. The van der Waals surface area contributed by atoms with E-state index in [4.69, 9.17) is 5.11 Å². The Balaban J connectivity index is 2.29. The van der Waals surface area contributed by atoms with E-state index in [9.17, 15) is 14.4 Å². The normalized spacial score (nSPS) is 9.95. The van der Waals surface area contributed by atoms with Crippen LogP contribution in [-0.4, -0.2) is 22.8 Å². The molecule has 0 aromatic heterocycles. The van der Waals surface area contributed by atoms with Gasteiger partial charge >= 0.3 is 5.97 Å². The van der Waals surface area contributed by atoms with E-state index in [0.29, 0.717) is 5.69 Å². The zero-order chi connectivity index (χ0) is 14.3. The van der Waals surface area contributed by atoms with Crippen molar-refractivity contribution in [1.29, 1.82) is 0 Å². The molecule has 0 fully saturated rings. The molecule has 0 saturated carbocycles. The molecule has 0 bridgehead atoms. The van der Waals surface area contributed by atoms with Gasteiger partial charge in [-0.05, 0) is 19.1 Å². The van der Waals surface area contributed by atoms with Gasteiger partial charge in [0.2, 0.25) is 5.91 Å². The maximum Gasteiger partial charge on any atom is 0.303 e. The lowest BCUT2D eigenvalue weighted by atomic mass is 10.1. The molecule has 1 rings (SSSR count). The molecule has 0 saturated heterocycles. The number of carbonyl (C=O) groups excluding carboxylic acids is 2. The maximum atomic E-state index is 11.6. The molecule has 5 nitrogen and oxygen atoms in total. The summed E-state index contributed by atoms with van der Waals surface area (Å²) in [6.07, 6.45) is -0.0527. The molecular weight excluding hydrogens is 246 g/mol. The first-order chi connectivity index (χ1) is 8.97. The first-order valence-corrected chi connectivity index (χ1v) is 6.07. The molecule has 0 unspecified atom stereocenters. The number of anilines is 1. The highest BCUT2D eigenvalue weighted by molar-refractivity contribution is 5.93. The summed E-state index contributed by atoms with van der Waals surface area (Å²) in [6.45, 7) is 1.95. The third kappa shape index (κ3) is 6.35. The van der Waals surface area contributed by atoms with E-state index in [1.165, 1.54) is 0 Å². The van der Waals surface area contributed by atoms with Crippen molar-refractivity contribution in [2.45, 2.75) is 32.6 Å². The molecule has 0 aliphatic heterocycles. The van der Waals surface area contributed by atoms with Gasteiger partial charge in [-0.1, -0.05) is 17.7 Å². The second-order valence-electron chi connectivity index (χ2n) is 4.35. The second kappa shape index (κ2) is 7.31. The Labute approximate surface area is 111 Å². The minimum absolute atomic E-state index is 0.0207. The minimum atomic E-state index is -1.00. The Morgan fingerprint density at radius 2 is 1.58 bits per heavy atom. The zero-order valence-corrected chi connectivity index (χ0v) is 10.8. The lowest BCUT2D eigenvalue weighted by Crippen LogP contribution is -2.13. The van der Waals surface area contributed by atoms with Crippen LogP contribution in [0.4, 0.5) is 5.69 Å². The SMILES string of the molecule is Cc1ccc(NC(=O)CCC(=O)CCC(=O)O)cc1. The summed E-state index contributed by atoms with van der Waals surface area (Å²) in [7, 11) is 0. The number of hydrogen-bond acceptors (Lipinski definition) is 3. The van der Waals surface area contributed by atoms with E-state index in [-0.39, 0.29) is 37.4 Å². The number of aliphatic carboxylic acids is 1. The summed E-state index contributed by atoms with van der Waals surface area (Å²) in [5, 5.41) is 11.1. The molecule has 0 aliphatic rings. The summed E-state index contributed by atoms with van der Waals surface area (Å²) in [6, 6.07) is 7.35. The Bertz CT molecular complexity index is 465. The molecule has 2 N–H and O–H groups in total. The zero-order valence-electron chi connectivity index (χ0n) is 10.8. The van der Waals surface area contributed by atoms with Gasteiger partial charge in [-0.25, -0.2) is 0 Å². The van der Waals surface area contributed by atoms with Crippen molar-refractivity contribution in [3.8, 4) is 0 Å². The van der Waals surface area contributed by atoms with Gasteiger partial charge in [-0.15, -0.1) is 0 Å². The number of amides is 1. The molecule has 5 heteroatoms. The van der Waals surface area contributed by atoms with Crippen LogP contribution in [0, 0.1) is 6.92 Å². The predicted molar refractivity (Wildman–Crippen MR) is 70.9 cm³/mol. The van der Waals surface area contributed by atoms with Crippen molar-refractivity contribution in [2.24, 2.45) is 0 Å². The lowest BCUT2D eigenvalue weighted by molar-refractivity contribution is -0.138. The Hall–Kier alpha value is -2.17. The van der Waals surface area contributed by atoms with Crippen LogP contribution in [0.3, 0.4) is 0 Å². The van der Waals surface area contributed by atoms with E-state index in [1.807, 2.05) is 19.1 Å². The van der Waals surface area contributed by atoms with Crippen LogP contribution in [0.25, 0.3) is 0 Å². The molecule has 19 heavy (non-hydrogen) atoms. The van der Waals surface area contributed by atoms with Gasteiger partial charge in [0.1, 0.15) is 5.78 Å². The topological polar surface area (TPSA) is 83.5 Å². The van der Waals surface area contributed by atoms with E-state index in [0.717, 1.165) is 5.56 Å². The molecular formula is C14H17NO4. The fourth-order valence-corrected chi connectivity index (χ4v) is 1.48. The summed E-state index contributed by atoms with van der Waals surface area (Å²) in [4.78, 5) is 33.1.